The molecular weight excluding hydrogens is 238 g/mol. The van der Waals surface area contributed by atoms with Gasteiger partial charge in [-0.1, -0.05) is 19.8 Å². The molecule has 0 unspecified atom stereocenters. The number of hydrogen-bond donors (Lipinski definition) is 1. The molecule has 0 aromatic carbocycles. The van der Waals surface area contributed by atoms with Crippen LogP contribution in [0.1, 0.15) is 72.1 Å². The summed E-state index contributed by atoms with van der Waals surface area (Å²) in [7, 11) is 0. The highest BCUT2D eigenvalue weighted by atomic mass is 16.4. The van der Waals surface area contributed by atoms with Gasteiger partial charge in [0.1, 0.15) is 5.54 Å². The third-order valence-electron chi connectivity index (χ3n) is 5.70. The fourth-order valence-corrected chi connectivity index (χ4v) is 4.38. The van der Waals surface area contributed by atoms with Gasteiger partial charge in [-0.15, -0.1) is 0 Å². The van der Waals surface area contributed by atoms with E-state index in [1.165, 1.54) is 51.4 Å². The summed E-state index contributed by atoms with van der Waals surface area (Å²) < 4.78 is 0. The molecule has 19 heavy (non-hydrogen) atoms. The molecule has 1 spiro atoms. The lowest BCUT2D eigenvalue weighted by atomic mass is 9.70. The zero-order valence-electron chi connectivity index (χ0n) is 12.7. The van der Waals surface area contributed by atoms with E-state index in [0.717, 1.165) is 6.54 Å². The molecule has 3 heteroatoms. The van der Waals surface area contributed by atoms with E-state index in [2.05, 4.69) is 11.8 Å². The number of rotatable bonds is 4. The first-order valence-corrected chi connectivity index (χ1v) is 7.91. The summed E-state index contributed by atoms with van der Waals surface area (Å²) in [6.07, 6.45) is 10.6. The second-order valence-corrected chi connectivity index (χ2v) is 7.09. The standard InChI is InChI=1S/C16H29NO2/c1-4-17(15(2,3)14(18)19)13-7-11-16(12-8-13)9-5-6-10-16/h13H,4-12H2,1-3H3,(H,18,19). The van der Waals surface area contributed by atoms with Crippen molar-refractivity contribution in [2.75, 3.05) is 6.54 Å². The van der Waals surface area contributed by atoms with Gasteiger partial charge in [0, 0.05) is 6.04 Å². The minimum Gasteiger partial charge on any atom is -0.480 e. The monoisotopic (exact) mass is 267 g/mol. The van der Waals surface area contributed by atoms with Gasteiger partial charge in [-0.3, -0.25) is 9.69 Å². The Bertz CT molecular complexity index is 322. The minimum atomic E-state index is -0.737. The molecule has 0 bridgehead atoms. The van der Waals surface area contributed by atoms with Crippen molar-refractivity contribution in [1.29, 1.82) is 0 Å². The highest BCUT2D eigenvalue weighted by molar-refractivity contribution is 5.77. The van der Waals surface area contributed by atoms with E-state index in [1.807, 2.05) is 13.8 Å². The van der Waals surface area contributed by atoms with Crippen LogP contribution in [0.2, 0.25) is 0 Å². The van der Waals surface area contributed by atoms with Crippen LogP contribution in [0.5, 0.6) is 0 Å². The average Bonchev–Trinajstić information content (AvgIpc) is 2.81. The van der Waals surface area contributed by atoms with Gasteiger partial charge in [0.25, 0.3) is 0 Å². The van der Waals surface area contributed by atoms with Crippen LogP contribution in [0.4, 0.5) is 0 Å². The summed E-state index contributed by atoms with van der Waals surface area (Å²) in [5, 5.41) is 9.44. The van der Waals surface area contributed by atoms with E-state index in [0.29, 0.717) is 11.5 Å². The zero-order valence-corrected chi connectivity index (χ0v) is 12.7. The topological polar surface area (TPSA) is 40.5 Å². The first-order valence-electron chi connectivity index (χ1n) is 7.91. The average molecular weight is 267 g/mol. The minimum absolute atomic E-state index is 0.460. The molecular formula is C16H29NO2. The molecule has 0 heterocycles. The Kier molecular flexibility index (Phi) is 4.24. The van der Waals surface area contributed by atoms with Crippen LogP contribution in [0.15, 0.2) is 0 Å². The van der Waals surface area contributed by atoms with Crippen molar-refractivity contribution in [2.24, 2.45) is 5.41 Å². The summed E-state index contributed by atoms with van der Waals surface area (Å²) in [6.45, 7) is 6.61. The maximum absolute atomic E-state index is 11.5. The molecule has 0 aromatic heterocycles. The second-order valence-electron chi connectivity index (χ2n) is 7.09. The fraction of sp³-hybridized carbons (Fsp3) is 0.938. The van der Waals surface area contributed by atoms with Crippen LogP contribution in [0, 0.1) is 5.41 Å². The van der Waals surface area contributed by atoms with Crippen molar-refractivity contribution in [2.45, 2.75) is 83.7 Å². The van der Waals surface area contributed by atoms with E-state index in [1.54, 1.807) is 0 Å². The maximum atomic E-state index is 11.5. The van der Waals surface area contributed by atoms with Crippen molar-refractivity contribution in [3.63, 3.8) is 0 Å². The highest BCUT2D eigenvalue weighted by Crippen LogP contribution is 2.50. The normalized spacial score (nSPS) is 24.2. The van der Waals surface area contributed by atoms with E-state index in [9.17, 15) is 9.90 Å². The number of likely N-dealkylation sites (N-methyl/N-ethyl adjacent to an activating group) is 1. The van der Waals surface area contributed by atoms with Crippen LogP contribution in [-0.4, -0.2) is 34.1 Å². The lowest BCUT2D eigenvalue weighted by Gasteiger charge is -2.46. The Morgan fingerprint density at radius 2 is 1.74 bits per heavy atom. The van der Waals surface area contributed by atoms with E-state index in [-0.39, 0.29) is 0 Å². The van der Waals surface area contributed by atoms with Crippen LogP contribution < -0.4 is 0 Å². The summed E-state index contributed by atoms with van der Waals surface area (Å²) >= 11 is 0. The van der Waals surface area contributed by atoms with Crippen LogP contribution in [0.3, 0.4) is 0 Å². The molecule has 0 saturated heterocycles. The number of carboxylic acids is 1. The summed E-state index contributed by atoms with van der Waals surface area (Å²) in [5.74, 6) is -0.699. The van der Waals surface area contributed by atoms with Crippen LogP contribution in [0.25, 0.3) is 0 Å². The predicted octanol–water partition coefficient (Wildman–Crippen LogP) is 3.67. The van der Waals surface area contributed by atoms with Crippen molar-refractivity contribution >= 4 is 5.97 Å². The summed E-state index contributed by atoms with van der Waals surface area (Å²) in [6, 6.07) is 0.460. The van der Waals surface area contributed by atoms with Crippen molar-refractivity contribution in [3.05, 3.63) is 0 Å². The van der Waals surface area contributed by atoms with Gasteiger partial charge in [0.2, 0.25) is 0 Å². The molecule has 0 aliphatic heterocycles. The fourth-order valence-electron chi connectivity index (χ4n) is 4.38. The van der Waals surface area contributed by atoms with Gasteiger partial charge in [-0.25, -0.2) is 0 Å². The lowest BCUT2D eigenvalue weighted by Crippen LogP contribution is -2.55. The third kappa shape index (κ3) is 2.81. The van der Waals surface area contributed by atoms with Gasteiger partial charge in [-0.05, 0) is 64.3 Å². The van der Waals surface area contributed by atoms with E-state index < -0.39 is 11.5 Å². The zero-order chi connectivity index (χ0) is 14.1. The molecule has 0 aromatic rings. The number of carboxylic acid groups (broad SMARTS) is 1. The maximum Gasteiger partial charge on any atom is 0.323 e. The van der Waals surface area contributed by atoms with Gasteiger partial charge in [0.05, 0.1) is 0 Å². The first-order chi connectivity index (χ1) is 8.91. The molecule has 3 nitrogen and oxygen atoms in total. The predicted molar refractivity (Wildman–Crippen MR) is 77.3 cm³/mol. The second kappa shape index (κ2) is 5.43. The van der Waals surface area contributed by atoms with Gasteiger partial charge in [0.15, 0.2) is 0 Å². The quantitative estimate of drug-likeness (QED) is 0.844. The van der Waals surface area contributed by atoms with Crippen molar-refractivity contribution in [1.82, 2.24) is 4.90 Å². The summed E-state index contributed by atoms with van der Waals surface area (Å²) in [5.41, 5.74) is -0.108. The molecule has 2 saturated carbocycles. The summed E-state index contributed by atoms with van der Waals surface area (Å²) in [4.78, 5) is 13.7. The Hall–Kier alpha value is -0.570. The number of carbonyl (C=O) groups is 1. The Balaban J connectivity index is 2.00. The van der Waals surface area contributed by atoms with Gasteiger partial charge < -0.3 is 5.11 Å². The number of aliphatic carboxylic acids is 1. The van der Waals surface area contributed by atoms with Crippen molar-refractivity contribution < 1.29 is 9.90 Å². The lowest BCUT2D eigenvalue weighted by molar-refractivity contribution is -0.151. The largest absolute Gasteiger partial charge is 0.480 e. The van der Waals surface area contributed by atoms with Gasteiger partial charge >= 0.3 is 5.97 Å². The van der Waals surface area contributed by atoms with Crippen molar-refractivity contribution in [3.8, 4) is 0 Å². The van der Waals surface area contributed by atoms with Crippen LogP contribution in [-0.2, 0) is 4.79 Å². The molecule has 2 fully saturated rings. The Morgan fingerprint density at radius 3 is 2.16 bits per heavy atom. The molecule has 0 amide bonds. The Labute approximate surface area is 117 Å². The number of nitrogens with zero attached hydrogens (tertiary/aromatic N) is 1. The molecule has 2 rings (SSSR count). The highest BCUT2D eigenvalue weighted by Gasteiger charge is 2.43. The Morgan fingerprint density at radius 1 is 1.21 bits per heavy atom. The molecule has 1 N–H and O–H groups in total. The SMILES string of the molecule is CCN(C1CCC2(CCCC2)CC1)C(C)(C)C(=O)O. The first kappa shape index (κ1) is 14.8. The third-order valence-corrected chi connectivity index (χ3v) is 5.70. The smallest absolute Gasteiger partial charge is 0.323 e. The van der Waals surface area contributed by atoms with Gasteiger partial charge in [-0.2, -0.15) is 0 Å². The molecule has 110 valence electrons. The molecule has 0 radical (unpaired) electrons. The van der Waals surface area contributed by atoms with E-state index >= 15 is 0 Å². The molecule has 2 aliphatic rings. The molecule has 2 aliphatic carbocycles. The number of hydrogen-bond acceptors (Lipinski definition) is 2. The van der Waals surface area contributed by atoms with E-state index in [4.69, 9.17) is 0 Å². The molecule has 0 atom stereocenters. The van der Waals surface area contributed by atoms with Crippen LogP contribution >= 0.6 is 0 Å².